The molecule has 0 bridgehead atoms. The number of nitro groups is 1. The number of nitro benzene ring substituents is 1. The third-order valence-corrected chi connectivity index (χ3v) is 2.33. The molecule has 0 aromatic heterocycles. The molecular weight excluding hydrogens is 220 g/mol. The smallest absolute Gasteiger partial charge is 0.269 e. The van der Waals surface area contributed by atoms with E-state index < -0.39 is 11.0 Å². The van der Waals surface area contributed by atoms with Crippen molar-refractivity contribution in [3.63, 3.8) is 0 Å². The predicted molar refractivity (Wildman–Crippen MR) is 56.7 cm³/mol. The first-order valence-corrected chi connectivity index (χ1v) is 4.76. The lowest BCUT2D eigenvalue weighted by Crippen LogP contribution is -2.07. The van der Waals surface area contributed by atoms with Crippen molar-refractivity contribution in [2.75, 3.05) is 6.54 Å². The summed E-state index contributed by atoms with van der Waals surface area (Å²) >= 11 is 5.81. The van der Waals surface area contributed by atoms with Crippen LogP contribution < -0.4 is 5.73 Å². The van der Waals surface area contributed by atoms with E-state index in [1.54, 1.807) is 0 Å². The maximum absolute atomic E-state index is 10.5. The Morgan fingerprint density at radius 1 is 1.60 bits per heavy atom. The highest BCUT2D eigenvalue weighted by atomic mass is 35.5. The summed E-state index contributed by atoms with van der Waals surface area (Å²) in [6.07, 6.45) is -0.539. The van der Waals surface area contributed by atoms with Crippen LogP contribution in [0.5, 0.6) is 0 Å². The molecule has 1 aromatic carbocycles. The van der Waals surface area contributed by atoms with Crippen LogP contribution in [0.15, 0.2) is 18.2 Å². The van der Waals surface area contributed by atoms with Crippen molar-refractivity contribution >= 4 is 17.3 Å². The Morgan fingerprint density at radius 3 is 2.80 bits per heavy atom. The first kappa shape index (κ1) is 11.9. The highest BCUT2D eigenvalue weighted by Crippen LogP contribution is 2.28. The van der Waals surface area contributed by atoms with Crippen molar-refractivity contribution < 1.29 is 10.0 Å². The molecule has 0 heterocycles. The Morgan fingerprint density at radius 2 is 2.27 bits per heavy atom. The number of aliphatic hydroxyl groups is 1. The van der Waals surface area contributed by atoms with E-state index in [0.29, 0.717) is 23.6 Å². The van der Waals surface area contributed by atoms with Crippen LogP contribution in [0.1, 0.15) is 18.1 Å². The first-order chi connectivity index (χ1) is 7.06. The summed E-state index contributed by atoms with van der Waals surface area (Å²) < 4.78 is 0. The normalized spacial score (nSPS) is 12.5. The fourth-order valence-corrected chi connectivity index (χ4v) is 1.46. The summed E-state index contributed by atoms with van der Waals surface area (Å²) in [5.74, 6) is 0. The lowest BCUT2D eigenvalue weighted by Gasteiger charge is -2.10. The second kappa shape index (κ2) is 5.06. The van der Waals surface area contributed by atoms with Gasteiger partial charge in [0.25, 0.3) is 5.69 Å². The molecule has 1 rings (SSSR count). The fraction of sp³-hybridized carbons (Fsp3) is 0.333. The SMILES string of the molecule is NCCC(O)c1cc([N+](=O)[O-])ccc1Cl. The zero-order chi connectivity index (χ0) is 11.4. The molecule has 0 saturated carbocycles. The van der Waals surface area contributed by atoms with Gasteiger partial charge in [0.1, 0.15) is 0 Å². The topological polar surface area (TPSA) is 89.4 Å². The van der Waals surface area contributed by atoms with Crippen LogP contribution in [0.4, 0.5) is 5.69 Å². The molecule has 0 aliphatic heterocycles. The summed E-state index contributed by atoms with van der Waals surface area (Å²) in [4.78, 5) is 9.97. The molecular formula is C9H11ClN2O3. The Labute approximate surface area is 91.6 Å². The number of nitrogens with zero attached hydrogens (tertiary/aromatic N) is 1. The summed E-state index contributed by atoms with van der Waals surface area (Å²) in [6.45, 7) is 0.292. The van der Waals surface area contributed by atoms with Crippen molar-refractivity contribution in [3.8, 4) is 0 Å². The number of halogens is 1. The standard InChI is InChI=1S/C9H11ClN2O3/c10-8-2-1-6(12(14)15)5-7(8)9(13)3-4-11/h1-2,5,9,13H,3-4,11H2. The van der Waals surface area contributed by atoms with Crippen molar-refractivity contribution in [2.24, 2.45) is 5.73 Å². The van der Waals surface area contributed by atoms with Gasteiger partial charge in [-0.1, -0.05) is 11.6 Å². The zero-order valence-corrected chi connectivity index (χ0v) is 8.65. The van der Waals surface area contributed by atoms with Gasteiger partial charge >= 0.3 is 0 Å². The van der Waals surface area contributed by atoms with E-state index >= 15 is 0 Å². The average Bonchev–Trinajstić information content (AvgIpc) is 2.18. The molecule has 5 nitrogen and oxygen atoms in total. The molecule has 1 atom stereocenters. The number of rotatable bonds is 4. The minimum absolute atomic E-state index is 0.0922. The van der Waals surface area contributed by atoms with Gasteiger partial charge in [-0.2, -0.15) is 0 Å². The van der Waals surface area contributed by atoms with Gasteiger partial charge in [0.2, 0.25) is 0 Å². The third kappa shape index (κ3) is 2.89. The molecule has 3 N–H and O–H groups in total. The second-order valence-electron chi connectivity index (χ2n) is 3.06. The molecule has 82 valence electrons. The lowest BCUT2D eigenvalue weighted by molar-refractivity contribution is -0.385. The molecule has 0 radical (unpaired) electrons. The van der Waals surface area contributed by atoms with Gasteiger partial charge in [0.15, 0.2) is 0 Å². The average molecular weight is 231 g/mol. The van der Waals surface area contributed by atoms with E-state index in [0.717, 1.165) is 0 Å². The maximum atomic E-state index is 10.5. The molecule has 0 amide bonds. The Hall–Kier alpha value is -1.17. The number of hydrogen-bond acceptors (Lipinski definition) is 4. The van der Waals surface area contributed by atoms with E-state index in [1.807, 2.05) is 0 Å². The number of aliphatic hydroxyl groups excluding tert-OH is 1. The van der Waals surface area contributed by atoms with Crippen molar-refractivity contribution in [1.29, 1.82) is 0 Å². The second-order valence-corrected chi connectivity index (χ2v) is 3.46. The zero-order valence-electron chi connectivity index (χ0n) is 7.89. The maximum Gasteiger partial charge on any atom is 0.269 e. The largest absolute Gasteiger partial charge is 0.388 e. The van der Waals surface area contributed by atoms with Gasteiger partial charge < -0.3 is 10.8 Å². The summed E-state index contributed by atoms with van der Waals surface area (Å²) in [5.41, 5.74) is 5.53. The molecule has 1 aromatic rings. The van der Waals surface area contributed by atoms with E-state index in [-0.39, 0.29) is 5.69 Å². The number of nitrogens with two attached hydrogens (primary N) is 1. The number of benzene rings is 1. The molecule has 0 spiro atoms. The third-order valence-electron chi connectivity index (χ3n) is 1.99. The Bertz CT molecular complexity index is 370. The predicted octanol–water partition coefficient (Wildman–Crippen LogP) is 1.63. The van der Waals surface area contributed by atoms with Gasteiger partial charge in [-0.3, -0.25) is 10.1 Å². The van der Waals surface area contributed by atoms with Gasteiger partial charge in [0.05, 0.1) is 11.0 Å². The summed E-state index contributed by atoms with van der Waals surface area (Å²) in [7, 11) is 0. The van der Waals surface area contributed by atoms with Crippen LogP contribution in [0.2, 0.25) is 5.02 Å². The molecule has 0 aliphatic rings. The monoisotopic (exact) mass is 230 g/mol. The molecule has 0 saturated heterocycles. The Balaban J connectivity index is 3.04. The van der Waals surface area contributed by atoms with Gasteiger partial charge in [-0.25, -0.2) is 0 Å². The minimum atomic E-state index is -0.859. The Kier molecular flexibility index (Phi) is 4.02. The molecule has 1 unspecified atom stereocenters. The van der Waals surface area contributed by atoms with Crippen molar-refractivity contribution in [3.05, 3.63) is 38.9 Å². The van der Waals surface area contributed by atoms with E-state index in [9.17, 15) is 15.2 Å². The van der Waals surface area contributed by atoms with Crippen LogP contribution in [0.3, 0.4) is 0 Å². The van der Waals surface area contributed by atoms with Crippen LogP contribution in [-0.2, 0) is 0 Å². The van der Waals surface area contributed by atoms with Crippen molar-refractivity contribution in [2.45, 2.75) is 12.5 Å². The lowest BCUT2D eigenvalue weighted by atomic mass is 10.1. The van der Waals surface area contributed by atoms with E-state index in [4.69, 9.17) is 17.3 Å². The van der Waals surface area contributed by atoms with Gasteiger partial charge in [-0.15, -0.1) is 0 Å². The molecule has 0 aliphatic carbocycles. The van der Waals surface area contributed by atoms with Gasteiger partial charge in [0, 0.05) is 22.7 Å². The minimum Gasteiger partial charge on any atom is -0.388 e. The van der Waals surface area contributed by atoms with E-state index in [2.05, 4.69) is 0 Å². The van der Waals surface area contributed by atoms with Crippen LogP contribution in [-0.4, -0.2) is 16.6 Å². The summed E-state index contributed by atoms with van der Waals surface area (Å²) in [6, 6.07) is 3.96. The highest BCUT2D eigenvalue weighted by molar-refractivity contribution is 6.31. The summed E-state index contributed by atoms with van der Waals surface area (Å²) in [5, 5.41) is 20.4. The fourth-order valence-electron chi connectivity index (χ4n) is 1.21. The first-order valence-electron chi connectivity index (χ1n) is 4.38. The quantitative estimate of drug-likeness (QED) is 0.608. The molecule has 6 heteroatoms. The number of hydrogen-bond donors (Lipinski definition) is 2. The van der Waals surface area contributed by atoms with Crippen LogP contribution in [0.25, 0.3) is 0 Å². The number of non-ortho nitro benzene ring substituents is 1. The highest BCUT2D eigenvalue weighted by Gasteiger charge is 2.15. The molecule has 15 heavy (non-hydrogen) atoms. The van der Waals surface area contributed by atoms with Crippen molar-refractivity contribution in [1.82, 2.24) is 0 Å². The van der Waals surface area contributed by atoms with Crippen LogP contribution >= 0.6 is 11.6 Å². The van der Waals surface area contributed by atoms with Gasteiger partial charge in [-0.05, 0) is 19.0 Å². The molecule has 0 fully saturated rings. The van der Waals surface area contributed by atoms with Crippen LogP contribution in [0, 0.1) is 10.1 Å². The van der Waals surface area contributed by atoms with E-state index in [1.165, 1.54) is 18.2 Å².